The van der Waals surface area contributed by atoms with E-state index in [1.165, 1.54) is 0 Å². The molecule has 0 spiro atoms. The molecule has 110 valence electrons. The maximum Gasteiger partial charge on any atom is 0.199 e. The van der Waals surface area contributed by atoms with Gasteiger partial charge in [0.05, 0.1) is 0 Å². The van der Waals surface area contributed by atoms with Crippen molar-refractivity contribution in [2.45, 2.75) is 20.8 Å². The zero-order chi connectivity index (χ0) is 15.9. The van der Waals surface area contributed by atoms with Crippen LogP contribution in [0.4, 0.5) is 17.6 Å². The Morgan fingerprint density at radius 2 is 1.19 bits per heavy atom. The van der Waals surface area contributed by atoms with Crippen LogP contribution < -0.4 is 0 Å². The molecular formula is C16H12F4O. The van der Waals surface area contributed by atoms with Crippen molar-refractivity contribution in [3.05, 3.63) is 69.3 Å². The van der Waals surface area contributed by atoms with Gasteiger partial charge in [0, 0.05) is 11.6 Å². The molecule has 2 aromatic rings. The first-order chi connectivity index (χ1) is 9.73. The summed E-state index contributed by atoms with van der Waals surface area (Å²) in [4.78, 5) is 12.3. The summed E-state index contributed by atoms with van der Waals surface area (Å²) in [6.07, 6.45) is 0. The molecule has 0 aliphatic rings. The normalized spacial score (nSPS) is 10.8. The number of aryl methyl sites for hydroxylation is 3. The summed E-state index contributed by atoms with van der Waals surface area (Å²) in [5.41, 5.74) is 0.681. The molecule has 0 fully saturated rings. The zero-order valence-electron chi connectivity index (χ0n) is 11.7. The summed E-state index contributed by atoms with van der Waals surface area (Å²) in [7, 11) is 0. The van der Waals surface area contributed by atoms with E-state index in [1.54, 1.807) is 32.9 Å². The van der Waals surface area contributed by atoms with E-state index in [0.29, 0.717) is 11.1 Å². The monoisotopic (exact) mass is 296 g/mol. The van der Waals surface area contributed by atoms with Gasteiger partial charge in [-0.15, -0.1) is 0 Å². The summed E-state index contributed by atoms with van der Waals surface area (Å²) in [6, 6.07) is 3.40. The van der Waals surface area contributed by atoms with Crippen molar-refractivity contribution in [3.63, 3.8) is 0 Å². The third kappa shape index (κ3) is 2.55. The molecule has 0 heterocycles. The highest BCUT2D eigenvalue weighted by molar-refractivity contribution is 6.11. The van der Waals surface area contributed by atoms with Gasteiger partial charge >= 0.3 is 0 Å². The highest BCUT2D eigenvalue weighted by atomic mass is 19.2. The van der Waals surface area contributed by atoms with Crippen molar-refractivity contribution in [2.75, 3.05) is 0 Å². The van der Waals surface area contributed by atoms with Gasteiger partial charge < -0.3 is 0 Å². The van der Waals surface area contributed by atoms with Gasteiger partial charge in [-0.3, -0.25) is 4.79 Å². The molecule has 1 nitrogen and oxygen atoms in total. The van der Waals surface area contributed by atoms with Gasteiger partial charge in [0.1, 0.15) is 5.56 Å². The smallest absolute Gasteiger partial charge is 0.199 e. The highest BCUT2D eigenvalue weighted by Crippen LogP contribution is 2.26. The fourth-order valence-electron chi connectivity index (χ4n) is 2.44. The van der Waals surface area contributed by atoms with Crippen LogP contribution in [0.2, 0.25) is 0 Å². The predicted molar refractivity (Wildman–Crippen MR) is 70.4 cm³/mol. The molecule has 0 aromatic heterocycles. The van der Waals surface area contributed by atoms with Crippen LogP contribution in [0.25, 0.3) is 0 Å². The molecule has 0 aliphatic carbocycles. The van der Waals surface area contributed by atoms with E-state index in [2.05, 4.69) is 0 Å². The highest BCUT2D eigenvalue weighted by Gasteiger charge is 2.27. The largest absolute Gasteiger partial charge is 0.288 e. The molecule has 0 saturated carbocycles. The number of carbonyl (C=O) groups excluding carboxylic acids is 1. The first-order valence-electron chi connectivity index (χ1n) is 6.19. The quantitative estimate of drug-likeness (QED) is 0.456. The van der Waals surface area contributed by atoms with Gasteiger partial charge in [-0.05, 0) is 31.9 Å². The molecule has 0 radical (unpaired) electrons. The second kappa shape index (κ2) is 5.31. The average Bonchev–Trinajstić information content (AvgIpc) is 2.35. The van der Waals surface area contributed by atoms with Gasteiger partial charge in [0.25, 0.3) is 0 Å². The van der Waals surface area contributed by atoms with E-state index in [-0.39, 0.29) is 11.6 Å². The van der Waals surface area contributed by atoms with Crippen LogP contribution in [0.3, 0.4) is 0 Å². The van der Waals surface area contributed by atoms with Crippen LogP contribution in [0.5, 0.6) is 0 Å². The van der Waals surface area contributed by atoms with Gasteiger partial charge in [-0.2, -0.15) is 0 Å². The summed E-state index contributed by atoms with van der Waals surface area (Å²) in [5, 5.41) is 0. The summed E-state index contributed by atoms with van der Waals surface area (Å²) < 4.78 is 53.9. The zero-order valence-corrected chi connectivity index (χ0v) is 11.7. The van der Waals surface area contributed by atoms with E-state index < -0.39 is 34.6 Å². The Hall–Kier alpha value is -2.17. The SMILES string of the molecule is Cc1cc(C)c(C(=O)c2c(F)c(F)cc(F)c2F)c(C)c1. The van der Waals surface area contributed by atoms with E-state index in [9.17, 15) is 22.4 Å². The fraction of sp³-hybridized carbons (Fsp3) is 0.188. The number of carbonyl (C=O) groups is 1. The van der Waals surface area contributed by atoms with Crippen LogP contribution in [0.15, 0.2) is 18.2 Å². The number of benzene rings is 2. The first-order valence-corrected chi connectivity index (χ1v) is 6.19. The first kappa shape index (κ1) is 15.2. The maximum atomic E-state index is 13.7. The Balaban J connectivity index is 2.72. The second-order valence-electron chi connectivity index (χ2n) is 4.95. The maximum absolute atomic E-state index is 13.7. The lowest BCUT2D eigenvalue weighted by Crippen LogP contribution is -2.14. The van der Waals surface area contributed by atoms with Crippen molar-refractivity contribution in [3.8, 4) is 0 Å². The van der Waals surface area contributed by atoms with Crippen molar-refractivity contribution in [1.82, 2.24) is 0 Å². The van der Waals surface area contributed by atoms with E-state index >= 15 is 0 Å². The van der Waals surface area contributed by atoms with E-state index in [0.717, 1.165) is 5.56 Å². The van der Waals surface area contributed by atoms with Crippen molar-refractivity contribution in [2.24, 2.45) is 0 Å². The molecule has 2 rings (SSSR count). The van der Waals surface area contributed by atoms with Gasteiger partial charge in [-0.1, -0.05) is 17.7 Å². The van der Waals surface area contributed by atoms with Gasteiger partial charge in [0.2, 0.25) is 0 Å². The lowest BCUT2D eigenvalue weighted by molar-refractivity contribution is 0.102. The molecule has 2 aromatic carbocycles. The number of halogens is 4. The standard InChI is InChI=1S/C16H12F4O/c1-7-4-8(2)12(9(3)5-7)16(21)13-14(19)10(17)6-11(18)15(13)20/h4-6H,1-3H3. The molecule has 0 saturated heterocycles. The molecule has 0 amide bonds. The van der Waals surface area contributed by atoms with Gasteiger partial charge in [-0.25, -0.2) is 17.6 Å². The topological polar surface area (TPSA) is 17.1 Å². The van der Waals surface area contributed by atoms with E-state index in [1.807, 2.05) is 0 Å². The predicted octanol–water partition coefficient (Wildman–Crippen LogP) is 4.40. The summed E-state index contributed by atoms with van der Waals surface area (Å²) >= 11 is 0. The van der Waals surface area contributed by atoms with Crippen LogP contribution >= 0.6 is 0 Å². The van der Waals surface area contributed by atoms with Crippen LogP contribution in [-0.4, -0.2) is 5.78 Å². The average molecular weight is 296 g/mol. The van der Waals surface area contributed by atoms with Crippen molar-refractivity contribution in [1.29, 1.82) is 0 Å². The molecule has 0 aliphatic heterocycles. The van der Waals surface area contributed by atoms with Crippen LogP contribution in [0, 0.1) is 44.0 Å². The lowest BCUT2D eigenvalue weighted by Gasteiger charge is -2.12. The minimum absolute atomic E-state index is 0.0448. The summed E-state index contributed by atoms with van der Waals surface area (Å²) in [6.45, 7) is 4.99. The molecule has 0 atom stereocenters. The molecule has 0 bridgehead atoms. The Bertz CT molecular complexity index is 701. The molecular weight excluding hydrogens is 284 g/mol. The molecule has 5 heteroatoms. The van der Waals surface area contributed by atoms with E-state index in [4.69, 9.17) is 0 Å². The Kier molecular flexibility index (Phi) is 3.85. The Morgan fingerprint density at radius 3 is 1.62 bits per heavy atom. The second-order valence-corrected chi connectivity index (χ2v) is 4.95. The Labute approximate surface area is 119 Å². The van der Waals surface area contributed by atoms with Crippen LogP contribution in [-0.2, 0) is 0 Å². The minimum atomic E-state index is -1.68. The third-order valence-electron chi connectivity index (χ3n) is 3.24. The van der Waals surface area contributed by atoms with Crippen LogP contribution in [0.1, 0.15) is 32.6 Å². The minimum Gasteiger partial charge on any atom is -0.288 e. The van der Waals surface area contributed by atoms with Crippen molar-refractivity contribution < 1.29 is 22.4 Å². The molecule has 21 heavy (non-hydrogen) atoms. The summed E-state index contributed by atoms with van der Waals surface area (Å²) in [5.74, 6) is -7.63. The Morgan fingerprint density at radius 1 is 0.762 bits per heavy atom. The number of ketones is 1. The molecule has 0 unspecified atom stereocenters. The van der Waals surface area contributed by atoms with Gasteiger partial charge in [0.15, 0.2) is 29.1 Å². The molecule has 0 N–H and O–H groups in total. The lowest BCUT2D eigenvalue weighted by atomic mass is 9.92. The number of hydrogen-bond donors (Lipinski definition) is 0. The van der Waals surface area contributed by atoms with Crippen molar-refractivity contribution >= 4 is 5.78 Å². The number of rotatable bonds is 2. The fourth-order valence-corrected chi connectivity index (χ4v) is 2.44. The number of hydrogen-bond acceptors (Lipinski definition) is 1. The third-order valence-corrected chi connectivity index (χ3v) is 3.24.